The van der Waals surface area contributed by atoms with E-state index in [1.165, 1.54) is 5.56 Å². The van der Waals surface area contributed by atoms with Gasteiger partial charge in [0.25, 0.3) is 5.91 Å². The fourth-order valence-electron chi connectivity index (χ4n) is 5.97. The molecule has 1 saturated carbocycles. The molecular weight excluding hydrogens is 537 g/mol. The second kappa shape index (κ2) is 13.3. The monoisotopic (exact) mass is 575 g/mol. The van der Waals surface area contributed by atoms with E-state index in [1.807, 2.05) is 18.2 Å². The molecule has 10 heteroatoms. The number of carboxylic acid groups (broad SMARTS) is 1. The molecule has 5 rings (SSSR count). The SMILES string of the molecule is C[C@@H]1CN(Cc2ccc(-c3cccc(Oc4ncc(F)cc4C(=O)NC4CCC(NC(=O)O)CC4)c3)cc2)C[C@H](C)N1. The minimum absolute atomic E-state index is 0.00656. The number of hydrogen-bond acceptors (Lipinski definition) is 6. The van der Waals surface area contributed by atoms with Gasteiger partial charge < -0.3 is 25.8 Å². The summed E-state index contributed by atoms with van der Waals surface area (Å²) in [5.41, 5.74) is 3.24. The van der Waals surface area contributed by atoms with Crippen molar-refractivity contribution in [2.45, 2.75) is 70.2 Å². The van der Waals surface area contributed by atoms with Crippen LogP contribution in [0.4, 0.5) is 9.18 Å². The predicted molar refractivity (Wildman–Crippen MR) is 158 cm³/mol. The van der Waals surface area contributed by atoms with Crippen molar-refractivity contribution in [1.82, 2.24) is 25.8 Å². The van der Waals surface area contributed by atoms with Crippen molar-refractivity contribution < 1.29 is 23.8 Å². The fraction of sp³-hybridized carbons (Fsp3) is 0.406. The lowest BCUT2D eigenvalue weighted by Gasteiger charge is -2.36. The van der Waals surface area contributed by atoms with E-state index < -0.39 is 17.8 Å². The quantitative estimate of drug-likeness (QED) is 0.293. The Labute approximate surface area is 245 Å². The molecule has 222 valence electrons. The summed E-state index contributed by atoms with van der Waals surface area (Å²) in [6.07, 6.45) is 2.44. The van der Waals surface area contributed by atoms with Gasteiger partial charge in [0.05, 0.1) is 6.20 Å². The maximum absolute atomic E-state index is 14.1. The lowest BCUT2D eigenvalue weighted by molar-refractivity contribution is 0.0919. The highest BCUT2D eigenvalue weighted by Crippen LogP contribution is 2.29. The highest BCUT2D eigenvalue weighted by molar-refractivity contribution is 5.96. The Kier molecular flexibility index (Phi) is 9.34. The van der Waals surface area contributed by atoms with Gasteiger partial charge in [-0.2, -0.15) is 0 Å². The van der Waals surface area contributed by atoms with Gasteiger partial charge in [-0.05, 0) is 74.4 Å². The molecule has 3 aromatic rings. The summed E-state index contributed by atoms with van der Waals surface area (Å²) >= 11 is 0. The van der Waals surface area contributed by atoms with Crippen LogP contribution in [0.3, 0.4) is 0 Å². The van der Waals surface area contributed by atoms with Gasteiger partial charge in [0.1, 0.15) is 17.1 Å². The molecule has 0 bridgehead atoms. The van der Waals surface area contributed by atoms with Crippen LogP contribution in [0.1, 0.15) is 55.5 Å². The number of nitrogens with one attached hydrogen (secondary N) is 3. The number of carbonyl (C=O) groups excluding carboxylic acids is 1. The molecule has 1 aliphatic heterocycles. The Hall–Kier alpha value is -4.02. The van der Waals surface area contributed by atoms with Gasteiger partial charge in [0.2, 0.25) is 5.88 Å². The zero-order valence-corrected chi connectivity index (χ0v) is 24.0. The Balaban J connectivity index is 1.24. The molecule has 2 atom stereocenters. The zero-order chi connectivity index (χ0) is 29.6. The average molecular weight is 576 g/mol. The van der Waals surface area contributed by atoms with E-state index in [4.69, 9.17) is 9.84 Å². The summed E-state index contributed by atoms with van der Waals surface area (Å²) < 4.78 is 20.1. The number of halogens is 1. The average Bonchev–Trinajstić information content (AvgIpc) is 2.95. The van der Waals surface area contributed by atoms with Crippen molar-refractivity contribution in [3.05, 3.63) is 77.7 Å². The third-order valence-electron chi connectivity index (χ3n) is 7.83. The highest BCUT2D eigenvalue weighted by atomic mass is 19.1. The Morgan fingerprint density at radius 3 is 2.31 bits per heavy atom. The summed E-state index contributed by atoms with van der Waals surface area (Å²) in [5.74, 6) is -0.622. The number of aromatic nitrogens is 1. The van der Waals surface area contributed by atoms with Crippen LogP contribution >= 0.6 is 0 Å². The van der Waals surface area contributed by atoms with Gasteiger partial charge >= 0.3 is 6.09 Å². The first-order chi connectivity index (χ1) is 20.2. The first-order valence-corrected chi connectivity index (χ1v) is 14.5. The number of hydrogen-bond donors (Lipinski definition) is 4. The van der Waals surface area contributed by atoms with Crippen molar-refractivity contribution in [3.63, 3.8) is 0 Å². The summed E-state index contributed by atoms with van der Waals surface area (Å²) in [6, 6.07) is 17.8. The molecule has 0 spiro atoms. The van der Waals surface area contributed by atoms with Gasteiger partial charge in [-0.25, -0.2) is 14.2 Å². The normalized spacial score (nSPS) is 22.7. The van der Waals surface area contributed by atoms with Crippen molar-refractivity contribution in [2.75, 3.05) is 13.1 Å². The molecule has 2 aromatic carbocycles. The maximum atomic E-state index is 14.1. The van der Waals surface area contributed by atoms with Crippen LogP contribution in [-0.2, 0) is 6.54 Å². The molecule has 4 N–H and O–H groups in total. The molecule has 2 heterocycles. The van der Waals surface area contributed by atoms with E-state index in [-0.39, 0.29) is 23.5 Å². The molecule has 0 radical (unpaired) electrons. The summed E-state index contributed by atoms with van der Waals surface area (Å²) in [4.78, 5) is 30.6. The van der Waals surface area contributed by atoms with E-state index in [1.54, 1.807) is 6.07 Å². The fourth-order valence-corrected chi connectivity index (χ4v) is 5.97. The van der Waals surface area contributed by atoms with Gasteiger partial charge in [-0.3, -0.25) is 9.69 Å². The molecule has 9 nitrogen and oxygen atoms in total. The van der Waals surface area contributed by atoms with Crippen LogP contribution in [0.2, 0.25) is 0 Å². The molecule has 0 unspecified atom stereocenters. The Morgan fingerprint density at radius 2 is 1.64 bits per heavy atom. The van der Waals surface area contributed by atoms with E-state index in [0.29, 0.717) is 43.5 Å². The molecule has 1 aromatic heterocycles. The molecule has 2 aliphatic rings. The van der Waals surface area contributed by atoms with Crippen LogP contribution in [0.15, 0.2) is 60.8 Å². The van der Waals surface area contributed by atoms with Gasteiger partial charge in [-0.15, -0.1) is 0 Å². The van der Waals surface area contributed by atoms with Crippen molar-refractivity contribution in [1.29, 1.82) is 0 Å². The standard InChI is InChI=1S/C32H38FN5O4/c1-20-17-38(18-21(2)35-20)19-22-6-8-23(9-7-22)24-4-3-5-28(14-24)42-31-29(15-25(33)16-34-31)30(39)36-26-10-12-27(13-11-26)37-32(40)41/h3-9,14-16,20-21,26-27,35,37H,10-13,17-19H2,1-2H3,(H,36,39)(H,40,41)/t20-,21+,26?,27?. The van der Waals surface area contributed by atoms with Crippen LogP contribution in [-0.4, -0.2) is 64.2 Å². The van der Waals surface area contributed by atoms with Crippen molar-refractivity contribution in [3.8, 4) is 22.8 Å². The lowest BCUT2D eigenvalue weighted by atomic mass is 9.91. The molecule has 2 amide bonds. The van der Waals surface area contributed by atoms with Crippen LogP contribution < -0.4 is 20.7 Å². The number of pyridine rings is 1. The maximum Gasteiger partial charge on any atom is 0.404 e. The molecule has 42 heavy (non-hydrogen) atoms. The molecular formula is C32H38FN5O4. The summed E-state index contributed by atoms with van der Waals surface area (Å²) in [7, 11) is 0. The largest absolute Gasteiger partial charge is 0.465 e. The molecule has 1 saturated heterocycles. The minimum Gasteiger partial charge on any atom is -0.465 e. The first-order valence-electron chi connectivity index (χ1n) is 14.5. The Bertz CT molecular complexity index is 1380. The second-order valence-electron chi connectivity index (χ2n) is 11.5. The van der Waals surface area contributed by atoms with Crippen molar-refractivity contribution in [2.24, 2.45) is 0 Å². The number of carbonyl (C=O) groups is 2. The second-order valence-corrected chi connectivity index (χ2v) is 11.5. The first kappa shape index (κ1) is 29.5. The van der Waals surface area contributed by atoms with E-state index in [9.17, 15) is 14.0 Å². The minimum atomic E-state index is -1.05. The zero-order valence-electron chi connectivity index (χ0n) is 24.0. The predicted octanol–water partition coefficient (Wildman–Crippen LogP) is 5.17. The van der Waals surface area contributed by atoms with Gasteiger partial charge in [0, 0.05) is 43.8 Å². The number of rotatable bonds is 8. The number of ether oxygens (including phenoxy) is 1. The Morgan fingerprint density at radius 1 is 0.976 bits per heavy atom. The smallest absolute Gasteiger partial charge is 0.404 e. The van der Waals surface area contributed by atoms with Crippen LogP contribution in [0.5, 0.6) is 11.6 Å². The number of benzene rings is 2. The van der Waals surface area contributed by atoms with E-state index in [2.05, 4.69) is 63.9 Å². The molecule has 1 aliphatic carbocycles. The third-order valence-corrected chi connectivity index (χ3v) is 7.83. The third kappa shape index (κ3) is 7.83. The van der Waals surface area contributed by atoms with E-state index >= 15 is 0 Å². The topological polar surface area (TPSA) is 116 Å². The highest BCUT2D eigenvalue weighted by Gasteiger charge is 2.26. The van der Waals surface area contributed by atoms with E-state index in [0.717, 1.165) is 43.0 Å². The van der Waals surface area contributed by atoms with Gasteiger partial charge in [-0.1, -0.05) is 36.4 Å². The number of nitrogens with zero attached hydrogens (tertiary/aromatic N) is 2. The van der Waals surface area contributed by atoms with Crippen LogP contribution in [0, 0.1) is 5.82 Å². The summed E-state index contributed by atoms with van der Waals surface area (Å²) in [5, 5.41) is 17.9. The lowest BCUT2D eigenvalue weighted by Crippen LogP contribution is -2.53. The molecule has 2 fully saturated rings. The van der Waals surface area contributed by atoms with Crippen LogP contribution in [0.25, 0.3) is 11.1 Å². The van der Waals surface area contributed by atoms with Crippen molar-refractivity contribution >= 4 is 12.0 Å². The summed E-state index contributed by atoms with van der Waals surface area (Å²) in [6.45, 7) is 7.38. The number of piperazine rings is 1. The van der Waals surface area contributed by atoms with Gasteiger partial charge in [0.15, 0.2) is 0 Å². The number of amides is 2.